The van der Waals surface area contributed by atoms with Gasteiger partial charge in [0, 0.05) is 12.6 Å². The second-order valence-corrected chi connectivity index (χ2v) is 5.45. The number of nitrogens with zero attached hydrogens (tertiary/aromatic N) is 3. The van der Waals surface area contributed by atoms with Gasteiger partial charge < -0.3 is 9.94 Å². The maximum atomic E-state index is 8.93. The zero-order chi connectivity index (χ0) is 15.4. The van der Waals surface area contributed by atoms with E-state index in [1.807, 2.05) is 36.0 Å². The van der Waals surface area contributed by atoms with Crippen LogP contribution in [0.15, 0.2) is 33.9 Å². The van der Waals surface area contributed by atoms with Gasteiger partial charge in [0.15, 0.2) is 0 Å². The van der Waals surface area contributed by atoms with E-state index >= 15 is 0 Å². The van der Waals surface area contributed by atoms with Crippen LogP contribution in [0, 0.1) is 0 Å². The Morgan fingerprint density at radius 2 is 2.14 bits per heavy atom. The third-order valence-electron chi connectivity index (χ3n) is 3.29. The first-order valence-electron chi connectivity index (χ1n) is 6.69. The molecular formula is C15H18BrN3O2. The lowest BCUT2D eigenvalue weighted by Gasteiger charge is -2.11. The number of para-hydroxylation sites is 1. The molecule has 0 aliphatic carbocycles. The molecule has 0 amide bonds. The van der Waals surface area contributed by atoms with E-state index in [9.17, 15) is 0 Å². The Balaban J connectivity index is 2.23. The molecule has 0 atom stereocenters. The molecule has 6 heteroatoms. The third-order valence-corrected chi connectivity index (χ3v) is 4.21. The van der Waals surface area contributed by atoms with Crippen LogP contribution in [0.2, 0.25) is 0 Å². The molecule has 0 bridgehead atoms. The molecule has 1 aromatic carbocycles. The number of rotatable bonds is 5. The normalized spacial score (nSPS) is 11.7. The summed E-state index contributed by atoms with van der Waals surface area (Å²) in [6.45, 7) is 4.19. The average molecular weight is 352 g/mol. The molecule has 5 nitrogen and oxygen atoms in total. The molecule has 2 aromatic rings. The van der Waals surface area contributed by atoms with Crippen LogP contribution in [0.1, 0.15) is 30.8 Å². The third kappa shape index (κ3) is 3.26. The van der Waals surface area contributed by atoms with E-state index in [-0.39, 0.29) is 0 Å². The van der Waals surface area contributed by atoms with Gasteiger partial charge in [-0.1, -0.05) is 24.2 Å². The number of hydrogen-bond acceptors (Lipinski definition) is 4. The predicted octanol–water partition coefficient (Wildman–Crippen LogP) is 3.52. The van der Waals surface area contributed by atoms with Crippen molar-refractivity contribution in [2.45, 2.75) is 26.9 Å². The second-order valence-electron chi connectivity index (χ2n) is 4.65. The summed E-state index contributed by atoms with van der Waals surface area (Å²) in [6, 6.07) is 7.49. The van der Waals surface area contributed by atoms with Crippen molar-refractivity contribution in [2.75, 3.05) is 0 Å². The largest absolute Gasteiger partial charge is 0.487 e. The summed E-state index contributed by atoms with van der Waals surface area (Å²) in [5.41, 5.74) is 3.27. The molecular weight excluding hydrogens is 334 g/mol. The van der Waals surface area contributed by atoms with Gasteiger partial charge in [0.25, 0.3) is 0 Å². The van der Waals surface area contributed by atoms with Crippen LogP contribution in [0.4, 0.5) is 0 Å². The SMILES string of the molecule is CCc1nn(C)c(COc2ccccc2C(C)=NO)c1Br. The number of aryl methyl sites for hydroxylation is 2. The van der Waals surface area contributed by atoms with Crippen LogP contribution in [-0.2, 0) is 20.1 Å². The smallest absolute Gasteiger partial charge is 0.131 e. The van der Waals surface area contributed by atoms with Gasteiger partial charge in [0.2, 0.25) is 0 Å². The zero-order valence-corrected chi connectivity index (χ0v) is 13.9. The Labute approximate surface area is 132 Å². The van der Waals surface area contributed by atoms with Gasteiger partial charge >= 0.3 is 0 Å². The van der Waals surface area contributed by atoms with Gasteiger partial charge in [0.1, 0.15) is 12.4 Å². The Bertz CT molecular complexity index is 665. The minimum atomic E-state index is 0.389. The van der Waals surface area contributed by atoms with Crippen molar-refractivity contribution in [3.8, 4) is 5.75 Å². The first kappa shape index (κ1) is 15.6. The van der Waals surface area contributed by atoms with E-state index < -0.39 is 0 Å². The van der Waals surface area contributed by atoms with Crippen molar-refractivity contribution in [1.82, 2.24) is 9.78 Å². The number of benzene rings is 1. The summed E-state index contributed by atoms with van der Waals surface area (Å²) < 4.78 is 8.68. The molecule has 0 aliphatic heterocycles. The van der Waals surface area contributed by atoms with E-state index in [2.05, 4.69) is 33.1 Å². The fourth-order valence-corrected chi connectivity index (χ4v) is 2.80. The van der Waals surface area contributed by atoms with Crippen molar-refractivity contribution < 1.29 is 9.94 Å². The van der Waals surface area contributed by atoms with Crippen molar-refractivity contribution >= 4 is 21.6 Å². The van der Waals surface area contributed by atoms with Crippen molar-refractivity contribution in [1.29, 1.82) is 0 Å². The van der Waals surface area contributed by atoms with Crippen molar-refractivity contribution in [3.05, 3.63) is 45.7 Å². The Morgan fingerprint density at radius 3 is 2.76 bits per heavy atom. The fraction of sp³-hybridized carbons (Fsp3) is 0.333. The molecule has 0 unspecified atom stereocenters. The van der Waals surface area contributed by atoms with Crippen LogP contribution in [0.5, 0.6) is 5.75 Å². The lowest BCUT2D eigenvalue weighted by Crippen LogP contribution is -2.06. The summed E-state index contributed by atoms with van der Waals surface area (Å²) >= 11 is 3.57. The second kappa shape index (κ2) is 6.76. The van der Waals surface area contributed by atoms with Crippen molar-refractivity contribution in [3.63, 3.8) is 0 Å². The highest BCUT2D eigenvalue weighted by Gasteiger charge is 2.14. The summed E-state index contributed by atoms with van der Waals surface area (Å²) in [7, 11) is 1.90. The van der Waals surface area contributed by atoms with Crippen molar-refractivity contribution in [2.24, 2.45) is 12.2 Å². The Hall–Kier alpha value is -1.82. The van der Waals surface area contributed by atoms with Gasteiger partial charge in [0.05, 0.1) is 21.6 Å². The molecule has 0 saturated carbocycles. The zero-order valence-electron chi connectivity index (χ0n) is 12.3. The highest BCUT2D eigenvalue weighted by Crippen LogP contribution is 2.25. The van der Waals surface area contributed by atoms with E-state index in [1.165, 1.54) is 0 Å². The lowest BCUT2D eigenvalue weighted by molar-refractivity contribution is 0.292. The van der Waals surface area contributed by atoms with E-state index in [1.54, 1.807) is 6.92 Å². The quantitative estimate of drug-likeness (QED) is 0.509. The standard InChI is InChI=1S/C15H18BrN3O2/c1-4-12-15(16)13(19(3)17-12)9-21-14-8-6-5-7-11(14)10(2)18-20/h5-8,20H,4,9H2,1-3H3. The van der Waals surface area contributed by atoms with E-state index in [4.69, 9.17) is 9.94 Å². The highest BCUT2D eigenvalue weighted by molar-refractivity contribution is 9.10. The maximum absolute atomic E-state index is 8.93. The Kier molecular flexibility index (Phi) is 5.01. The Morgan fingerprint density at radius 1 is 1.43 bits per heavy atom. The molecule has 112 valence electrons. The number of ether oxygens (including phenoxy) is 1. The number of oxime groups is 1. The fourth-order valence-electron chi connectivity index (χ4n) is 2.07. The summed E-state index contributed by atoms with van der Waals surface area (Å²) in [5, 5.41) is 16.6. The van der Waals surface area contributed by atoms with Gasteiger partial charge in [-0.25, -0.2) is 0 Å². The number of halogens is 1. The summed E-state index contributed by atoms with van der Waals surface area (Å²) in [6.07, 6.45) is 0.862. The first-order chi connectivity index (χ1) is 10.1. The molecule has 0 fully saturated rings. The molecule has 2 rings (SSSR count). The molecule has 1 N–H and O–H groups in total. The van der Waals surface area contributed by atoms with Gasteiger partial charge in [-0.3, -0.25) is 4.68 Å². The lowest BCUT2D eigenvalue weighted by atomic mass is 10.1. The molecule has 0 saturated heterocycles. The van der Waals surface area contributed by atoms with Crippen LogP contribution < -0.4 is 4.74 Å². The topological polar surface area (TPSA) is 59.6 Å². The monoisotopic (exact) mass is 351 g/mol. The van der Waals surface area contributed by atoms with Gasteiger partial charge in [-0.2, -0.15) is 5.10 Å². The number of hydrogen-bond donors (Lipinski definition) is 1. The minimum Gasteiger partial charge on any atom is -0.487 e. The minimum absolute atomic E-state index is 0.389. The van der Waals surface area contributed by atoms with E-state index in [0.717, 1.165) is 27.8 Å². The first-order valence-corrected chi connectivity index (χ1v) is 7.48. The highest BCUT2D eigenvalue weighted by atomic mass is 79.9. The summed E-state index contributed by atoms with van der Waals surface area (Å²) in [4.78, 5) is 0. The molecule has 21 heavy (non-hydrogen) atoms. The predicted molar refractivity (Wildman–Crippen MR) is 85.1 cm³/mol. The molecule has 0 aliphatic rings. The molecule has 0 spiro atoms. The maximum Gasteiger partial charge on any atom is 0.131 e. The van der Waals surface area contributed by atoms with Gasteiger partial charge in [-0.15, -0.1) is 0 Å². The van der Waals surface area contributed by atoms with Gasteiger partial charge in [-0.05, 0) is 41.4 Å². The van der Waals surface area contributed by atoms with Crippen LogP contribution >= 0.6 is 15.9 Å². The van der Waals surface area contributed by atoms with Crippen LogP contribution in [0.25, 0.3) is 0 Å². The molecule has 1 heterocycles. The summed E-state index contributed by atoms with van der Waals surface area (Å²) in [5.74, 6) is 0.680. The van der Waals surface area contributed by atoms with Crippen LogP contribution in [0.3, 0.4) is 0 Å². The number of aromatic nitrogens is 2. The molecule has 0 radical (unpaired) electrons. The average Bonchev–Trinajstić information content (AvgIpc) is 2.79. The van der Waals surface area contributed by atoms with Crippen LogP contribution in [-0.4, -0.2) is 20.7 Å². The van der Waals surface area contributed by atoms with E-state index in [0.29, 0.717) is 18.1 Å². The molecule has 1 aromatic heterocycles.